The molecule has 0 aliphatic carbocycles. The minimum absolute atomic E-state index is 0.186. The Morgan fingerprint density at radius 1 is 1.56 bits per heavy atom. The topological polar surface area (TPSA) is 66.7 Å². The standard InChI is InChI=1S/C11H15FN4/c1-2-8(6-13)14-11-15-9-4-3-7(12)5-10(9)16-11/h3-5,8H,2,6,13H2,1H3,(H2,14,15,16). The van der Waals surface area contributed by atoms with Crippen molar-refractivity contribution in [2.24, 2.45) is 5.73 Å². The van der Waals surface area contributed by atoms with Crippen LogP contribution < -0.4 is 11.1 Å². The number of hydrogen-bond donors (Lipinski definition) is 3. The summed E-state index contributed by atoms with van der Waals surface area (Å²) in [7, 11) is 0. The molecule has 16 heavy (non-hydrogen) atoms. The van der Waals surface area contributed by atoms with Crippen LogP contribution in [0.4, 0.5) is 10.3 Å². The molecule has 0 saturated heterocycles. The van der Waals surface area contributed by atoms with Gasteiger partial charge in [-0.15, -0.1) is 0 Å². The van der Waals surface area contributed by atoms with Gasteiger partial charge in [0, 0.05) is 12.6 Å². The van der Waals surface area contributed by atoms with Gasteiger partial charge in [-0.1, -0.05) is 6.92 Å². The number of imidazole rings is 1. The van der Waals surface area contributed by atoms with Crippen LogP contribution in [0.25, 0.3) is 11.0 Å². The first-order valence-corrected chi connectivity index (χ1v) is 5.34. The van der Waals surface area contributed by atoms with E-state index in [1.54, 1.807) is 6.07 Å². The van der Waals surface area contributed by atoms with Crippen molar-refractivity contribution in [2.75, 3.05) is 11.9 Å². The lowest BCUT2D eigenvalue weighted by atomic mass is 10.2. The molecule has 2 rings (SSSR count). The third-order valence-electron chi connectivity index (χ3n) is 2.56. The highest BCUT2D eigenvalue weighted by atomic mass is 19.1. The van der Waals surface area contributed by atoms with Gasteiger partial charge in [0.15, 0.2) is 0 Å². The van der Waals surface area contributed by atoms with E-state index >= 15 is 0 Å². The van der Waals surface area contributed by atoms with E-state index in [2.05, 4.69) is 15.3 Å². The molecule has 0 fully saturated rings. The van der Waals surface area contributed by atoms with Crippen molar-refractivity contribution in [1.82, 2.24) is 9.97 Å². The highest BCUT2D eigenvalue weighted by molar-refractivity contribution is 5.77. The van der Waals surface area contributed by atoms with Crippen molar-refractivity contribution >= 4 is 17.0 Å². The molecule has 1 heterocycles. The summed E-state index contributed by atoms with van der Waals surface area (Å²) in [4.78, 5) is 7.32. The maximum atomic E-state index is 13.0. The van der Waals surface area contributed by atoms with E-state index in [-0.39, 0.29) is 11.9 Å². The molecule has 0 radical (unpaired) electrons. The number of hydrogen-bond acceptors (Lipinski definition) is 3. The van der Waals surface area contributed by atoms with Crippen molar-refractivity contribution in [1.29, 1.82) is 0 Å². The molecular weight excluding hydrogens is 207 g/mol. The van der Waals surface area contributed by atoms with Gasteiger partial charge in [-0.3, -0.25) is 0 Å². The van der Waals surface area contributed by atoms with Crippen LogP contribution in [-0.2, 0) is 0 Å². The van der Waals surface area contributed by atoms with Crippen LogP contribution in [0.3, 0.4) is 0 Å². The smallest absolute Gasteiger partial charge is 0.201 e. The molecule has 1 aromatic heterocycles. The monoisotopic (exact) mass is 222 g/mol. The van der Waals surface area contributed by atoms with Gasteiger partial charge in [0.25, 0.3) is 0 Å². The van der Waals surface area contributed by atoms with Gasteiger partial charge in [-0.25, -0.2) is 9.37 Å². The Balaban J connectivity index is 2.25. The zero-order valence-corrected chi connectivity index (χ0v) is 9.13. The second-order valence-electron chi connectivity index (χ2n) is 3.73. The van der Waals surface area contributed by atoms with Crippen LogP contribution in [-0.4, -0.2) is 22.6 Å². The molecule has 2 aromatic rings. The number of rotatable bonds is 4. The molecule has 1 unspecified atom stereocenters. The first-order chi connectivity index (χ1) is 7.72. The van der Waals surface area contributed by atoms with Gasteiger partial charge in [0.1, 0.15) is 5.82 Å². The number of aromatic nitrogens is 2. The number of fused-ring (bicyclic) bond motifs is 1. The van der Waals surface area contributed by atoms with Crippen molar-refractivity contribution in [2.45, 2.75) is 19.4 Å². The molecule has 86 valence electrons. The largest absolute Gasteiger partial charge is 0.352 e. The summed E-state index contributed by atoms with van der Waals surface area (Å²) in [6, 6.07) is 4.66. The minimum Gasteiger partial charge on any atom is -0.352 e. The number of benzene rings is 1. The van der Waals surface area contributed by atoms with Gasteiger partial charge in [-0.05, 0) is 24.6 Å². The van der Waals surface area contributed by atoms with Crippen LogP contribution >= 0.6 is 0 Å². The Kier molecular flexibility index (Phi) is 3.05. The number of halogens is 1. The summed E-state index contributed by atoms with van der Waals surface area (Å²) < 4.78 is 13.0. The number of aromatic amines is 1. The van der Waals surface area contributed by atoms with E-state index in [4.69, 9.17) is 5.73 Å². The summed E-state index contributed by atoms with van der Waals surface area (Å²) in [5.74, 6) is 0.367. The summed E-state index contributed by atoms with van der Waals surface area (Å²) in [5.41, 5.74) is 7.02. The third-order valence-corrected chi connectivity index (χ3v) is 2.56. The highest BCUT2D eigenvalue weighted by Crippen LogP contribution is 2.16. The molecule has 4 nitrogen and oxygen atoms in total. The van der Waals surface area contributed by atoms with E-state index in [9.17, 15) is 4.39 Å². The molecule has 5 heteroatoms. The summed E-state index contributed by atoms with van der Waals surface area (Å²) in [6.45, 7) is 2.59. The Bertz CT molecular complexity index is 476. The van der Waals surface area contributed by atoms with Crippen LogP contribution in [0, 0.1) is 5.82 Å². The van der Waals surface area contributed by atoms with Gasteiger partial charge in [-0.2, -0.15) is 0 Å². The Hall–Kier alpha value is -1.62. The Morgan fingerprint density at radius 3 is 3.06 bits per heavy atom. The number of H-pyrrole nitrogens is 1. The van der Waals surface area contributed by atoms with E-state index in [1.165, 1.54) is 12.1 Å². The molecule has 1 atom stereocenters. The zero-order valence-electron chi connectivity index (χ0n) is 9.13. The molecule has 1 aromatic carbocycles. The number of nitrogens with two attached hydrogens (primary N) is 1. The van der Waals surface area contributed by atoms with Gasteiger partial charge in [0.2, 0.25) is 5.95 Å². The molecule has 0 aliphatic rings. The van der Waals surface area contributed by atoms with Crippen molar-refractivity contribution in [3.63, 3.8) is 0 Å². The lowest BCUT2D eigenvalue weighted by Gasteiger charge is -2.12. The molecule has 0 amide bonds. The van der Waals surface area contributed by atoms with Gasteiger partial charge in [0.05, 0.1) is 11.0 Å². The zero-order chi connectivity index (χ0) is 11.5. The lowest BCUT2D eigenvalue weighted by molar-refractivity contribution is 0.629. The fourth-order valence-electron chi connectivity index (χ4n) is 1.57. The quantitative estimate of drug-likeness (QED) is 0.739. The summed E-state index contributed by atoms with van der Waals surface area (Å²) in [5, 5.41) is 3.17. The first kappa shape index (κ1) is 10.9. The van der Waals surface area contributed by atoms with E-state index in [1.807, 2.05) is 6.92 Å². The van der Waals surface area contributed by atoms with E-state index in [0.717, 1.165) is 11.9 Å². The van der Waals surface area contributed by atoms with Crippen molar-refractivity contribution in [3.05, 3.63) is 24.0 Å². The van der Waals surface area contributed by atoms with Crippen molar-refractivity contribution in [3.8, 4) is 0 Å². The molecular formula is C11H15FN4. The molecule has 0 spiro atoms. The molecule has 4 N–H and O–H groups in total. The Labute approximate surface area is 93.1 Å². The van der Waals surface area contributed by atoms with E-state index in [0.29, 0.717) is 18.0 Å². The minimum atomic E-state index is -0.270. The second-order valence-corrected chi connectivity index (χ2v) is 3.73. The molecule has 0 saturated carbocycles. The average molecular weight is 222 g/mol. The summed E-state index contributed by atoms with van der Waals surface area (Å²) >= 11 is 0. The highest BCUT2D eigenvalue weighted by Gasteiger charge is 2.07. The van der Waals surface area contributed by atoms with Crippen LogP contribution in [0.2, 0.25) is 0 Å². The van der Waals surface area contributed by atoms with Gasteiger partial charge < -0.3 is 16.0 Å². The maximum absolute atomic E-state index is 13.0. The fourth-order valence-corrected chi connectivity index (χ4v) is 1.57. The maximum Gasteiger partial charge on any atom is 0.201 e. The first-order valence-electron chi connectivity index (χ1n) is 5.34. The summed E-state index contributed by atoms with van der Waals surface area (Å²) in [6.07, 6.45) is 0.919. The fraction of sp³-hybridized carbons (Fsp3) is 0.364. The van der Waals surface area contributed by atoms with Gasteiger partial charge >= 0.3 is 0 Å². The Morgan fingerprint density at radius 2 is 2.38 bits per heavy atom. The number of nitrogens with zero attached hydrogens (tertiary/aromatic N) is 1. The number of nitrogens with one attached hydrogen (secondary N) is 2. The second kappa shape index (κ2) is 4.49. The SMILES string of the molecule is CCC(CN)Nc1nc2ccc(F)cc2[nH]1. The lowest BCUT2D eigenvalue weighted by Crippen LogP contribution is -2.28. The predicted molar refractivity (Wildman–Crippen MR) is 62.8 cm³/mol. The van der Waals surface area contributed by atoms with Crippen LogP contribution in [0.5, 0.6) is 0 Å². The number of anilines is 1. The average Bonchev–Trinajstić information content (AvgIpc) is 2.67. The van der Waals surface area contributed by atoms with Crippen molar-refractivity contribution < 1.29 is 4.39 Å². The van der Waals surface area contributed by atoms with Crippen LogP contribution in [0.15, 0.2) is 18.2 Å². The van der Waals surface area contributed by atoms with E-state index < -0.39 is 0 Å². The van der Waals surface area contributed by atoms with Crippen LogP contribution in [0.1, 0.15) is 13.3 Å². The third kappa shape index (κ3) is 2.14. The normalized spacial score (nSPS) is 12.9. The molecule has 0 aliphatic heterocycles. The predicted octanol–water partition coefficient (Wildman–Crippen LogP) is 1.85. The molecule has 0 bridgehead atoms.